The quantitative estimate of drug-likeness (QED) is 0.745. The summed E-state index contributed by atoms with van der Waals surface area (Å²) in [7, 11) is 0. The van der Waals surface area contributed by atoms with Crippen LogP contribution in [0, 0.1) is 0 Å². The second kappa shape index (κ2) is 6.48. The zero-order chi connectivity index (χ0) is 17.2. The van der Waals surface area contributed by atoms with Crippen LogP contribution in [0.3, 0.4) is 0 Å². The molecule has 0 aliphatic carbocycles. The Morgan fingerprint density at radius 3 is 2.68 bits per heavy atom. The molecule has 0 aromatic heterocycles. The highest BCUT2D eigenvalue weighted by atomic mass is 16.5. The Kier molecular flexibility index (Phi) is 4.02. The fourth-order valence-electron chi connectivity index (χ4n) is 3.25. The summed E-state index contributed by atoms with van der Waals surface area (Å²) < 4.78 is 5.49. The van der Waals surface area contributed by atoms with Crippen LogP contribution in [0.5, 0.6) is 11.5 Å². The van der Waals surface area contributed by atoms with Crippen LogP contribution in [0.25, 0.3) is 10.8 Å². The van der Waals surface area contributed by atoms with E-state index in [2.05, 4.69) is 22.7 Å². The first kappa shape index (κ1) is 15.5. The molecule has 4 nitrogen and oxygen atoms in total. The van der Waals surface area contributed by atoms with Crippen LogP contribution in [0.2, 0.25) is 0 Å². The Morgan fingerprint density at radius 2 is 1.88 bits per heavy atom. The lowest BCUT2D eigenvalue weighted by atomic mass is 9.96. The highest BCUT2D eigenvalue weighted by Crippen LogP contribution is 2.33. The number of hydrazone groups is 1. The monoisotopic (exact) mass is 332 g/mol. The van der Waals surface area contributed by atoms with Crippen LogP contribution < -0.4 is 10.2 Å². The molecule has 25 heavy (non-hydrogen) atoms. The molecule has 1 unspecified atom stereocenters. The predicted octanol–water partition coefficient (Wildman–Crippen LogP) is 4.38. The van der Waals surface area contributed by atoms with Crippen LogP contribution in [-0.2, 0) is 0 Å². The van der Waals surface area contributed by atoms with Crippen molar-refractivity contribution in [3.8, 4) is 11.5 Å². The molecule has 3 aromatic carbocycles. The van der Waals surface area contributed by atoms with E-state index >= 15 is 0 Å². The third kappa shape index (κ3) is 2.91. The molecular formula is C21H20N2O2. The molecule has 1 aliphatic heterocycles. The molecule has 126 valence electrons. The molecule has 4 rings (SSSR count). The van der Waals surface area contributed by atoms with Crippen LogP contribution >= 0.6 is 0 Å². The first-order valence-electron chi connectivity index (χ1n) is 8.52. The van der Waals surface area contributed by atoms with Crippen molar-refractivity contribution < 1.29 is 9.84 Å². The predicted molar refractivity (Wildman–Crippen MR) is 100 cm³/mol. The summed E-state index contributed by atoms with van der Waals surface area (Å²) in [4.78, 5) is 0. The van der Waals surface area contributed by atoms with E-state index < -0.39 is 0 Å². The van der Waals surface area contributed by atoms with Crippen LogP contribution in [0.15, 0.2) is 65.8 Å². The summed E-state index contributed by atoms with van der Waals surface area (Å²) in [6, 6.07) is 20.0. The van der Waals surface area contributed by atoms with E-state index in [-0.39, 0.29) is 6.04 Å². The topological polar surface area (TPSA) is 53.9 Å². The maximum atomic E-state index is 10.6. The fraction of sp³-hybridized carbons (Fsp3) is 0.190. The van der Waals surface area contributed by atoms with E-state index in [1.54, 1.807) is 0 Å². The molecule has 0 amide bonds. The molecule has 0 saturated heterocycles. The van der Waals surface area contributed by atoms with E-state index in [0.717, 1.165) is 39.8 Å². The number of nitrogens with one attached hydrogen (secondary N) is 1. The maximum Gasteiger partial charge on any atom is 0.132 e. The first-order valence-corrected chi connectivity index (χ1v) is 8.52. The minimum atomic E-state index is 0.108. The molecule has 2 N–H and O–H groups in total. The van der Waals surface area contributed by atoms with Gasteiger partial charge in [0.25, 0.3) is 0 Å². The van der Waals surface area contributed by atoms with Crippen molar-refractivity contribution in [3.05, 3.63) is 71.8 Å². The highest BCUT2D eigenvalue weighted by Gasteiger charge is 2.23. The third-order valence-electron chi connectivity index (χ3n) is 4.56. The van der Waals surface area contributed by atoms with E-state index in [9.17, 15) is 5.11 Å². The van der Waals surface area contributed by atoms with Crippen molar-refractivity contribution in [1.82, 2.24) is 5.43 Å². The molecule has 0 radical (unpaired) electrons. The largest absolute Gasteiger partial charge is 0.507 e. The highest BCUT2D eigenvalue weighted by molar-refractivity contribution is 6.08. The summed E-state index contributed by atoms with van der Waals surface area (Å²) in [5, 5.41) is 17.0. The molecule has 0 fully saturated rings. The normalized spacial score (nSPS) is 16.5. The molecule has 1 atom stereocenters. The maximum absolute atomic E-state index is 10.6. The summed E-state index contributed by atoms with van der Waals surface area (Å²) in [6.07, 6.45) is 0.736. The molecule has 4 heteroatoms. The lowest BCUT2D eigenvalue weighted by molar-refractivity contribution is 0.340. The number of phenolic OH excluding ortho intramolecular Hbond substituents is 1. The number of phenols is 1. The minimum absolute atomic E-state index is 0.108. The number of ether oxygens (including phenoxy) is 1. The van der Waals surface area contributed by atoms with Gasteiger partial charge in [-0.3, -0.25) is 0 Å². The zero-order valence-electron chi connectivity index (χ0n) is 14.1. The van der Waals surface area contributed by atoms with Gasteiger partial charge in [-0.05, 0) is 36.1 Å². The minimum Gasteiger partial charge on any atom is -0.507 e. The number of nitrogens with zero attached hydrogens (tertiary/aromatic N) is 1. The fourth-order valence-corrected chi connectivity index (χ4v) is 3.25. The Hall–Kier alpha value is -3.01. The average molecular weight is 332 g/mol. The summed E-state index contributed by atoms with van der Waals surface area (Å²) >= 11 is 0. The van der Waals surface area contributed by atoms with Crippen LogP contribution in [0.4, 0.5) is 0 Å². The van der Waals surface area contributed by atoms with Crippen molar-refractivity contribution in [1.29, 1.82) is 0 Å². The summed E-state index contributed by atoms with van der Waals surface area (Å²) in [6.45, 7) is 2.64. The van der Waals surface area contributed by atoms with Gasteiger partial charge in [0.05, 0.1) is 18.4 Å². The number of rotatable bonds is 4. The number of hydrogen-bond donors (Lipinski definition) is 2. The van der Waals surface area contributed by atoms with Crippen molar-refractivity contribution in [2.24, 2.45) is 5.10 Å². The van der Waals surface area contributed by atoms with Gasteiger partial charge in [0, 0.05) is 17.4 Å². The van der Waals surface area contributed by atoms with E-state index in [1.807, 2.05) is 55.5 Å². The Bertz CT molecular complexity index is 932. The van der Waals surface area contributed by atoms with Crippen molar-refractivity contribution in [3.63, 3.8) is 0 Å². The molecule has 0 saturated carbocycles. The SMILES string of the molecule is CCOc1ccc(C2CC(c3ccc4ccccc4c3O)=NN2)cc1. The first-order chi connectivity index (χ1) is 12.3. The van der Waals surface area contributed by atoms with Gasteiger partial charge in [-0.2, -0.15) is 5.10 Å². The molecule has 3 aromatic rings. The number of benzene rings is 3. The van der Waals surface area contributed by atoms with Gasteiger partial charge < -0.3 is 15.3 Å². The van der Waals surface area contributed by atoms with Crippen molar-refractivity contribution in [2.45, 2.75) is 19.4 Å². The van der Waals surface area contributed by atoms with Gasteiger partial charge in [-0.25, -0.2) is 0 Å². The summed E-state index contributed by atoms with van der Waals surface area (Å²) in [5.74, 6) is 1.17. The summed E-state index contributed by atoms with van der Waals surface area (Å²) in [5.41, 5.74) is 6.01. The Morgan fingerprint density at radius 1 is 1.08 bits per heavy atom. The van der Waals surface area contributed by atoms with Crippen LogP contribution in [0.1, 0.15) is 30.5 Å². The van der Waals surface area contributed by atoms with Gasteiger partial charge in [-0.15, -0.1) is 0 Å². The number of hydrogen-bond acceptors (Lipinski definition) is 4. The van der Waals surface area contributed by atoms with E-state index in [4.69, 9.17) is 4.74 Å². The molecule has 0 bridgehead atoms. The van der Waals surface area contributed by atoms with Gasteiger partial charge in [0.2, 0.25) is 0 Å². The average Bonchev–Trinajstić information content (AvgIpc) is 3.13. The molecule has 1 heterocycles. The molecule has 1 aliphatic rings. The van der Waals surface area contributed by atoms with Crippen molar-refractivity contribution >= 4 is 16.5 Å². The standard InChI is InChI=1S/C21H20N2O2/c1-2-25-16-10-7-15(8-11-16)19-13-20(23-22-19)18-12-9-14-5-3-4-6-17(14)21(18)24/h3-12,19,22,24H,2,13H2,1H3. The van der Waals surface area contributed by atoms with E-state index in [0.29, 0.717) is 12.4 Å². The Labute approximate surface area is 146 Å². The second-order valence-electron chi connectivity index (χ2n) is 6.13. The smallest absolute Gasteiger partial charge is 0.132 e. The van der Waals surface area contributed by atoms with Gasteiger partial charge in [0.1, 0.15) is 11.5 Å². The lowest BCUT2D eigenvalue weighted by Gasteiger charge is -2.12. The zero-order valence-corrected chi connectivity index (χ0v) is 14.1. The Balaban J connectivity index is 1.57. The van der Waals surface area contributed by atoms with Gasteiger partial charge in [0.15, 0.2) is 0 Å². The van der Waals surface area contributed by atoms with Gasteiger partial charge in [-0.1, -0.05) is 42.5 Å². The number of aromatic hydroxyl groups is 1. The molecule has 0 spiro atoms. The molecular weight excluding hydrogens is 312 g/mol. The lowest BCUT2D eigenvalue weighted by Crippen LogP contribution is -2.09. The van der Waals surface area contributed by atoms with Crippen molar-refractivity contribution in [2.75, 3.05) is 6.61 Å². The van der Waals surface area contributed by atoms with Gasteiger partial charge >= 0.3 is 0 Å². The number of fused-ring (bicyclic) bond motifs is 1. The second-order valence-corrected chi connectivity index (χ2v) is 6.13. The third-order valence-corrected chi connectivity index (χ3v) is 4.56. The van der Waals surface area contributed by atoms with E-state index in [1.165, 1.54) is 0 Å². The van der Waals surface area contributed by atoms with Crippen LogP contribution in [-0.4, -0.2) is 17.4 Å².